The van der Waals surface area contributed by atoms with E-state index in [1.165, 1.54) is 19.3 Å². The molecule has 1 amide bonds. The molecule has 0 bridgehead atoms. The highest BCUT2D eigenvalue weighted by atomic mass is 16.5. The molecule has 0 atom stereocenters. The number of ether oxygens (including phenoxy) is 1. The standard InChI is InChI=1S/C28H32N8O2/c1-34-25(19-35-7-3-2-4-8-35)23(18-32-34)24-13-21-14-26(31-17-22(21)16-30-24)33-28(37)20-5-6-29-27(15-20)36-9-11-38-12-10-36/h5-6,13-18H,2-4,7-12,19H2,1H3,(H,31,33,37). The van der Waals surface area contributed by atoms with Crippen molar-refractivity contribution in [1.29, 1.82) is 0 Å². The van der Waals surface area contributed by atoms with Crippen LogP contribution >= 0.6 is 0 Å². The summed E-state index contributed by atoms with van der Waals surface area (Å²) in [5.74, 6) is 1.04. The van der Waals surface area contributed by atoms with Gasteiger partial charge < -0.3 is 15.0 Å². The number of carbonyl (C=O) groups is 1. The van der Waals surface area contributed by atoms with E-state index >= 15 is 0 Å². The highest BCUT2D eigenvalue weighted by Gasteiger charge is 2.18. The monoisotopic (exact) mass is 512 g/mol. The average Bonchev–Trinajstić information content (AvgIpc) is 3.33. The SMILES string of the molecule is Cn1ncc(-c2cc3cc(NC(=O)c4ccnc(N5CCOCC5)c4)ncc3cn2)c1CN1CCCCC1. The number of hydrogen-bond donors (Lipinski definition) is 1. The molecule has 10 heteroatoms. The summed E-state index contributed by atoms with van der Waals surface area (Å²) >= 11 is 0. The van der Waals surface area contributed by atoms with Crippen LogP contribution in [0, 0.1) is 0 Å². The van der Waals surface area contributed by atoms with E-state index in [-0.39, 0.29) is 5.91 Å². The van der Waals surface area contributed by atoms with Crippen LogP contribution in [0.5, 0.6) is 0 Å². The summed E-state index contributed by atoms with van der Waals surface area (Å²) in [7, 11) is 1.99. The minimum absolute atomic E-state index is 0.223. The van der Waals surface area contributed by atoms with Crippen LogP contribution < -0.4 is 10.2 Å². The highest BCUT2D eigenvalue weighted by molar-refractivity contribution is 6.05. The Morgan fingerprint density at radius 1 is 0.947 bits per heavy atom. The number of nitrogens with zero attached hydrogens (tertiary/aromatic N) is 7. The number of piperidine rings is 1. The Hall–Kier alpha value is -3.89. The first-order valence-corrected chi connectivity index (χ1v) is 13.2. The van der Waals surface area contributed by atoms with Crippen LogP contribution in [0.1, 0.15) is 35.3 Å². The number of morpholine rings is 1. The predicted octanol–water partition coefficient (Wildman–Crippen LogP) is 3.50. The van der Waals surface area contributed by atoms with E-state index in [9.17, 15) is 4.79 Å². The minimum Gasteiger partial charge on any atom is -0.378 e. The van der Waals surface area contributed by atoms with Gasteiger partial charge in [0.1, 0.15) is 11.6 Å². The fourth-order valence-corrected chi connectivity index (χ4v) is 5.16. The Morgan fingerprint density at radius 3 is 2.61 bits per heavy atom. The van der Waals surface area contributed by atoms with Gasteiger partial charge in [-0.15, -0.1) is 0 Å². The maximum Gasteiger partial charge on any atom is 0.257 e. The maximum atomic E-state index is 13.1. The Labute approximate surface area is 221 Å². The van der Waals surface area contributed by atoms with Crippen molar-refractivity contribution in [3.63, 3.8) is 0 Å². The second-order valence-corrected chi connectivity index (χ2v) is 9.91. The first kappa shape index (κ1) is 24.4. The summed E-state index contributed by atoms with van der Waals surface area (Å²) in [6, 6.07) is 7.47. The lowest BCUT2D eigenvalue weighted by Crippen LogP contribution is -2.36. The Bertz CT molecular complexity index is 1440. The maximum absolute atomic E-state index is 13.1. The molecule has 0 aliphatic carbocycles. The van der Waals surface area contributed by atoms with Gasteiger partial charge in [0.15, 0.2) is 0 Å². The van der Waals surface area contributed by atoms with Crippen LogP contribution in [0.2, 0.25) is 0 Å². The molecule has 1 N–H and O–H groups in total. The zero-order chi connectivity index (χ0) is 25.9. The molecule has 10 nitrogen and oxygen atoms in total. The molecule has 0 saturated carbocycles. The third kappa shape index (κ3) is 5.23. The summed E-state index contributed by atoms with van der Waals surface area (Å²) in [4.78, 5) is 31.3. The Kier molecular flexibility index (Phi) is 6.98. The summed E-state index contributed by atoms with van der Waals surface area (Å²) < 4.78 is 7.38. The summed E-state index contributed by atoms with van der Waals surface area (Å²) in [6.45, 7) is 5.95. The molecule has 0 radical (unpaired) electrons. The molecule has 6 heterocycles. The van der Waals surface area contributed by atoms with Gasteiger partial charge in [-0.1, -0.05) is 6.42 Å². The number of pyridine rings is 3. The summed E-state index contributed by atoms with van der Waals surface area (Å²) in [6.07, 6.45) is 10.9. The molecule has 0 aromatic carbocycles. The number of aromatic nitrogens is 5. The molecule has 4 aromatic heterocycles. The van der Waals surface area contributed by atoms with E-state index in [2.05, 4.69) is 30.2 Å². The number of aryl methyl sites for hydroxylation is 1. The van der Waals surface area contributed by atoms with Gasteiger partial charge in [0.2, 0.25) is 0 Å². The lowest BCUT2D eigenvalue weighted by atomic mass is 10.1. The topological polar surface area (TPSA) is 101 Å². The average molecular weight is 513 g/mol. The van der Waals surface area contributed by atoms with Crippen molar-refractivity contribution in [2.75, 3.05) is 49.6 Å². The van der Waals surface area contributed by atoms with E-state index in [0.717, 1.165) is 66.3 Å². The lowest BCUT2D eigenvalue weighted by molar-refractivity contribution is 0.102. The number of rotatable bonds is 6. The zero-order valence-corrected chi connectivity index (χ0v) is 21.6. The van der Waals surface area contributed by atoms with Crippen LogP contribution in [-0.4, -0.2) is 74.9 Å². The van der Waals surface area contributed by atoms with E-state index < -0.39 is 0 Å². The smallest absolute Gasteiger partial charge is 0.257 e. The third-order valence-electron chi connectivity index (χ3n) is 7.35. The summed E-state index contributed by atoms with van der Waals surface area (Å²) in [5, 5.41) is 9.34. The number of nitrogens with one attached hydrogen (secondary N) is 1. The number of fused-ring (bicyclic) bond motifs is 1. The first-order valence-electron chi connectivity index (χ1n) is 13.2. The van der Waals surface area contributed by atoms with Gasteiger partial charge in [-0.05, 0) is 55.6 Å². The highest BCUT2D eigenvalue weighted by Crippen LogP contribution is 2.27. The van der Waals surface area contributed by atoms with Crippen molar-refractivity contribution in [3.8, 4) is 11.3 Å². The molecule has 2 fully saturated rings. The van der Waals surface area contributed by atoms with Crippen LogP contribution in [0.25, 0.3) is 22.0 Å². The molecule has 2 aliphatic rings. The van der Waals surface area contributed by atoms with E-state index in [1.54, 1.807) is 18.5 Å². The number of amides is 1. The zero-order valence-electron chi connectivity index (χ0n) is 21.6. The Morgan fingerprint density at radius 2 is 1.76 bits per heavy atom. The molecule has 2 saturated heterocycles. The van der Waals surface area contributed by atoms with E-state index in [0.29, 0.717) is 24.6 Å². The largest absolute Gasteiger partial charge is 0.378 e. The molecule has 196 valence electrons. The number of carbonyl (C=O) groups excluding carboxylic acids is 1. The van der Waals surface area contributed by atoms with Crippen molar-refractivity contribution in [2.45, 2.75) is 25.8 Å². The van der Waals surface area contributed by atoms with Crippen molar-refractivity contribution >= 4 is 28.3 Å². The first-order chi connectivity index (χ1) is 18.6. The minimum atomic E-state index is -0.223. The molecule has 0 spiro atoms. The summed E-state index contributed by atoms with van der Waals surface area (Å²) in [5.41, 5.74) is 3.60. The van der Waals surface area contributed by atoms with Crippen LogP contribution in [0.3, 0.4) is 0 Å². The molecule has 2 aliphatic heterocycles. The molecule has 4 aromatic rings. The van der Waals surface area contributed by atoms with Gasteiger partial charge in [0, 0.05) is 61.8 Å². The lowest BCUT2D eigenvalue weighted by Gasteiger charge is -2.27. The molecular weight excluding hydrogens is 480 g/mol. The predicted molar refractivity (Wildman–Crippen MR) is 146 cm³/mol. The van der Waals surface area contributed by atoms with E-state index in [1.807, 2.05) is 42.3 Å². The fourth-order valence-electron chi connectivity index (χ4n) is 5.16. The molecule has 6 rings (SSSR count). The van der Waals surface area contributed by atoms with Crippen molar-refractivity contribution in [2.24, 2.45) is 7.05 Å². The van der Waals surface area contributed by atoms with Gasteiger partial charge in [0.25, 0.3) is 5.91 Å². The van der Waals surface area contributed by atoms with Crippen LogP contribution in [0.4, 0.5) is 11.6 Å². The van der Waals surface area contributed by atoms with Gasteiger partial charge >= 0.3 is 0 Å². The number of hydrogen-bond acceptors (Lipinski definition) is 8. The van der Waals surface area contributed by atoms with Gasteiger partial charge in [-0.2, -0.15) is 5.10 Å². The third-order valence-corrected chi connectivity index (χ3v) is 7.35. The molecular formula is C28H32N8O2. The van der Waals surface area contributed by atoms with Crippen LogP contribution in [0.15, 0.2) is 49.1 Å². The number of likely N-dealkylation sites (tertiary alicyclic amines) is 1. The van der Waals surface area contributed by atoms with Crippen molar-refractivity contribution in [1.82, 2.24) is 29.6 Å². The fraction of sp³-hybridized carbons (Fsp3) is 0.393. The van der Waals surface area contributed by atoms with Gasteiger partial charge in [-0.3, -0.25) is 19.4 Å². The second-order valence-electron chi connectivity index (χ2n) is 9.91. The van der Waals surface area contributed by atoms with E-state index in [4.69, 9.17) is 9.72 Å². The quantitative estimate of drug-likeness (QED) is 0.419. The van der Waals surface area contributed by atoms with Crippen molar-refractivity contribution < 1.29 is 9.53 Å². The Balaban J connectivity index is 1.22. The van der Waals surface area contributed by atoms with Crippen molar-refractivity contribution in [3.05, 3.63) is 60.3 Å². The van der Waals surface area contributed by atoms with Gasteiger partial charge in [0.05, 0.1) is 30.8 Å². The van der Waals surface area contributed by atoms with Gasteiger partial charge in [-0.25, -0.2) is 9.97 Å². The number of anilines is 2. The van der Waals surface area contributed by atoms with Crippen LogP contribution in [-0.2, 0) is 18.3 Å². The molecule has 0 unspecified atom stereocenters. The molecule has 38 heavy (non-hydrogen) atoms. The normalized spacial score (nSPS) is 16.6. The second kappa shape index (κ2) is 10.8.